The third-order valence-corrected chi connectivity index (χ3v) is 7.69. The number of piperidine rings is 1. The molecule has 2 aliphatic rings. The molecule has 1 saturated heterocycles. The zero-order chi connectivity index (χ0) is 26.4. The van der Waals surface area contributed by atoms with Gasteiger partial charge in [0.25, 0.3) is 5.91 Å². The lowest BCUT2D eigenvalue weighted by Crippen LogP contribution is -2.58. The molecule has 4 rings (SSSR count). The highest BCUT2D eigenvalue weighted by molar-refractivity contribution is 5.97. The highest BCUT2D eigenvalue weighted by atomic mass is 19.1. The molecular formula is C30H41FN4O2. The van der Waals surface area contributed by atoms with E-state index in [1.807, 2.05) is 6.07 Å². The molecule has 0 bridgehead atoms. The first-order chi connectivity index (χ1) is 17.8. The normalized spacial score (nSPS) is 24.3. The van der Waals surface area contributed by atoms with Crippen LogP contribution in [0.25, 0.3) is 0 Å². The summed E-state index contributed by atoms with van der Waals surface area (Å²) in [5, 5.41) is 3.24. The lowest BCUT2D eigenvalue weighted by molar-refractivity contribution is -0.128. The minimum Gasteiger partial charge on any atom is -0.352 e. The molecule has 1 aliphatic heterocycles. The Hall–Kier alpha value is -2.77. The number of nitrogens with one attached hydrogen (secondary N) is 1. The number of likely N-dealkylation sites (tertiary alicyclic amines) is 1. The van der Waals surface area contributed by atoms with Crippen molar-refractivity contribution in [3.8, 4) is 0 Å². The fourth-order valence-corrected chi connectivity index (χ4v) is 5.72. The van der Waals surface area contributed by atoms with E-state index in [9.17, 15) is 14.0 Å². The van der Waals surface area contributed by atoms with Gasteiger partial charge in [-0.05, 0) is 74.3 Å². The molecule has 1 unspecified atom stereocenters. The molecule has 2 aromatic rings. The van der Waals surface area contributed by atoms with Crippen LogP contribution < -0.4 is 11.1 Å². The van der Waals surface area contributed by atoms with Gasteiger partial charge in [0, 0.05) is 43.3 Å². The van der Waals surface area contributed by atoms with Crippen LogP contribution in [0, 0.1) is 11.7 Å². The zero-order valence-corrected chi connectivity index (χ0v) is 22.1. The second-order valence-corrected chi connectivity index (χ2v) is 11.1. The van der Waals surface area contributed by atoms with Crippen LogP contribution in [-0.2, 0) is 11.3 Å². The third kappa shape index (κ3) is 7.39. The Morgan fingerprint density at radius 2 is 1.70 bits per heavy atom. The van der Waals surface area contributed by atoms with Gasteiger partial charge in [0.05, 0.1) is 0 Å². The van der Waals surface area contributed by atoms with Gasteiger partial charge < -0.3 is 16.0 Å². The topological polar surface area (TPSA) is 78.7 Å². The van der Waals surface area contributed by atoms with E-state index >= 15 is 0 Å². The van der Waals surface area contributed by atoms with Crippen molar-refractivity contribution in [2.24, 2.45) is 11.7 Å². The van der Waals surface area contributed by atoms with Crippen molar-refractivity contribution < 1.29 is 14.0 Å². The Labute approximate surface area is 220 Å². The van der Waals surface area contributed by atoms with Crippen LogP contribution in [0.4, 0.5) is 4.39 Å². The van der Waals surface area contributed by atoms with Crippen LogP contribution >= 0.6 is 0 Å². The Kier molecular flexibility index (Phi) is 9.33. The molecule has 0 spiro atoms. The number of carbonyl (C=O) groups is 2. The minimum atomic E-state index is -0.572. The molecule has 1 aliphatic carbocycles. The summed E-state index contributed by atoms with van der Waals surface area (Å²) in [5.41, 5.74) is 7.71. The highest BCUT2D eigenvalue weighted by Gasteiger charge is 2.39. The van der Waals surface area contributed by atoms with E-state index in [2.05, 4.69) is 48.3 Å². The van der Waals surface area contributed by atoms with Gasteiger partial charge in [-0.2, -0.15) is 0 Å². The summed E-state index contributed by atoms with van der Waals surface area (Å²) in [6.45, 7) is 6.63. The third-order valence-electron chi connectivity index (χ3n) is 7.69. The molecule has 200 valence electrons. The van der Waals surface area contributed by atoms with Gasteiger partial charge in [0.1, 0.15) is 11.9 Å². The van der Waals surface area contributed by atoms with Crippen LogP contribution in [0.15, 0.2) is 54.6 Å². The Bertz CT molecular complexity index is 1020. The smallest absolute Gasteiger partial charge is 0.254 e. The van der Waals surface area contributed by atoms with Gasteiger partial charge >= 0.3 is 0 Å². The summed E-state index contributed by atoms with van der Waals surface area (Å²) < 4.78 is 13.5. The molecular weight excluding hydrogens is 467 g/mol. The van der Waals surface area contributed by atoms with Gasteiger partial charge in [-0.15, -0.1) is 0 Å². The van der Waals surface area contributed by atoms with Gasteiger partial charge in [-0.3, -0.25) is 14.5 Å². The molecule has 37 heavy (non-hydrogen) atoms. The van der Waals surface area contributed by atoms with Crippen LogP contribution in [0.5, 0.6) is 0 Å². The number of halogens is 1. The lowest BCUT2D eigenvalue weighted by atomic mass is 9.90. The van der Waals surface area contributed by atoms with E-state index < -0.39 is 6.04 Å². The van der Waals surface area contributed by atoms with E-state index in [1.54, 1.807) is 4.90 Å². The van der Waals surface area contributed by atoms with E-state index in [0.717, 1.165) is 45.2 Å². The number of carbonyl (C=O) groups excluding carboxylic acids is 2. The molecule has 1 saturated carbocycles. The van der Waals surface area contributed by atoms with Crippen molar-refractivity contribution in [1.82, 2.24) is 15.1 Å². The summed E-state index contributed by atoms with van der Waals surface area (Å²) in [7, 11) is 0. The minimum absolute atomic E-state index is 0.0894. The number of nitrogens with two attached hydrogens (primary N) is 1. The van der Waals surface area contributed by atoms with Gasteiger partial charge in [-0.25, -0.2) is 4.39 Å². The summed E-state index contributed by atoms with van der Waals surface area (Å²) in [6.07, 6.45) is 4.88. The molecule has 7 heteroatoms. The first-order valence-corrected chi connectivity index (χ1v) is 13.7. The fraction of sp³-hybridized carbons (Fsp3) is 0.533. The number of hydrogen-bond acceptors (Lipinski definition) is 4. The second-order valence-electron chi connectivity index (χ2n) is 11.1. The molecule has 3 N–H and O–H groups in total. The summed E-state index contributed by atoms with van der Waals surface area (Å²) in [4.78, 5) is 31.4. The second kappa shape index (κ2) is 12.7. The van der Waals surface area contributed by atoms with Crippen molar-refractivity contribution in [2.45, 2.75) is 83.1 Å². The first kappa shape index (κ1) is 27.3. The molecule has 0 radical (unpaired) electrons. The highest BCUT2D eigenvalue weighted by Crippen LogP contribution is 2.27. The number of nitrogens with zero attached hydrogens (tertiary/aromatic N) is 2. The quantitative estimate of drug-likeness (QED) is 0.556. The summed E-state index contributed by atoms with van der Waals surface area (Å²) >= 11 is 0. The Balaban J connectivity index is 1.54. The molecule has 1 heterocycles. The van der Waals surface area contributed by atoms with E-state index in [0.29, 0.717) is 24.4 Å². The van der Waals surface area contributed by atoms with Crippen LogP contribution in [0.2, 0.25) is 0 Å². The summed E-state index contributed by atoms with van der Waals surface area (Å²) in [6, 6.07) is 15.9. The van der Waals surface area contributed by atoms with Crippen molar-refractivity contribution in [3.63, 3.8) is 0 Å². The van der Waals surface area contributed by atoms with Crippen molar-refractivity contribution >= 4 is 11.8 Å². The van der Waals surface area contributed by atoms with Gasteiger partial charge in [0.2, 0.25) is 5.91 Å². The van der Waals surface area contributed by atoms with E-state index in [1.165, 1.54) is 29.8 Å². The molecule has 2 aromatic carbocycles. The molecule has 2 atom stereocenters. The zero-order valence-electron chi connectivity index (χ0n) is 22.1. The largest absolute Gasteiger partial charge is 0.352 e. The van der Waals surface area contributed by atoms with Crippen LogP contribution in [-0.4, -0.2) is 58.9 Å². The average molecular weight is 509 g/mol. The first-order valence-electron chi connectivity index (χ1n) is 13.7. The standard InChI is InChI=1S/C30H41FN4O2/c1-21(2)19-34(20-22-6-4-3-5-7-22)27-16-17-35(30(37)23-8-10-24(31)11-9-23)28(18-27)29(36)33-26-14-12-25(32)13-15-26/h3-11,21,25-28H,12-20,32H2,1-2H3,(H,33,36)/t25?,26?,27?,28-/m1/s1. The SMILES string of the molecule is CC(C)CN(Cc1ccccc1)C1CCN(C(=O)c2ccc(F)cc2)[C@@H](C(=O)NC2CCC(N)CC2)C1. The molecule has 0 aromatic heterocycles. The maximum atomic E-state index is 13.7. The lowest BCUT2D eigenvalue weighted by Gasteiger charge is -2.44. The maximum Gasteiger partial charge on any atom is 0.254 e. The summed E-state index contributed by atoms with van der Waals surface area (Å²) in [5.74, 6) is -0.223. The molecule has 2 amide bonds. The number of rotatable bonds is 8. The van der Waals surface area contributed by atoms with Crippen LogP contribution in [0.1, 0.15) is 68.3 Å². The van der Waals surface area contributed by atoms with E-state index in [4.69, 9.17) is 5.73 Å². The Morgan fingerprint density at radius 3 is 2.35 bits per heavy atom. The predicted octanol–water partition coefficient (Wildman–Crippen LogP) is 4.34. The van der Waals surface area contributed by atoms with Crippen molar-refractivity contribution in [1.29, 1.82) is 0 Å². The predicted molar refractivity (Wildman–Crippen MR) is 144 cm³/mol. The maximum absolute atomic E-state index is 13.7. The monoisotopic (exact) mass is 508 g/mol. The van der Waals surface area contributed by atoms with Crippen molar-refractivity contribution in [2.75, 3.05) is 13.1 Å². The van der Waals surface area contributed by atoms with Crippen molar-refractivity contribution in [3.05, 3.63) is 71.5 Å². The Morgan fingerprint density at radius 1 is 1.03 bits per heavy atom. The molecule has 6 nitrogen and oxygen atoms in total. The van der Waals surface area contributed by atoms with Gasteiger partial charge in [-0.1, -0.05) is 44.2 Å². The average Bonchev–Trinajstić information content (AvgIpc) is 2.89. The number of hydrogen-bond donors (Lipinski definition) is 2. The van der Waals surface area contributed by atoms with Crippen LogP contribution in [0.3, 0.4) is 0 Å². The van der Waals surface area contributed by atoms with E-state index in [-0.39, 0.29) is 35.8 Å². The number of benzene rings is 2. The fourth-order valence-electron chi connectivity index (χ4n) is 5.72. The van der Waals surface area contributed by atoms with Gasteiger partial charge in [0.15, 0.2) is 0 Å². The number of amides is 2. The molecule has 2 fully saturated rings.